The molecule has 0 saturated carbocycles. The minimum Gasteiger partial charge on any atom is -0.446 e. The van der Waals surface area contributed by atoms with E-state index in [1.807, 2.05) is 24.3 Å². The van der Waals surface area contributed by atoms with Crippen LogP contribution in [0.4, 0.5) is 5.69 Å². The fourth-order valence-electron chi connectivity index (χ4n) is 1.76. The number of nitrogens with two attached hydrogens (primary N) is 1. The number of para-hydroxylation sites is 1. The van der Waals surface area contributed by atoms with E-state index >= 15 is 0 Å². The molecule has 0 aliphatic carbocycles. The number of rotatable bonds is 6. The second kappa shape index (κ2) is 6.08. The predicted molar refractivity (Wildman–Crippen MR) is 74.6 cm³/mol. The number of benzene rings is 1. The van der Waals surface area contributed by atoms with Gasteiger partial charge in [-0.3, -0.25) is 0 Å². The lowest BCUT2D eigenvalue weighted by molar-refractivity contribution is 0.185. The van der Waals surface area contributed by atoms with Crippen LogP contribution in [0, 0.1) is 0 Å². The van der Waals surface area contributed by atoms with E-state index in [2.05, 4.69) is 5.32 Å². The van der Waals surface area contributed by atoms with Crippen LogP contribution in [0.3, 0.4) is 0 Å². The van der Waals surface area contributed by atoms with Crippen molar-refractivity contribution < 1.29 is 17.6 Å². The minimum absolute atomic E-state index is 0.237. The lowest BCUT2D eigenvalue weighted by Gasteiger charge is -2.10. The van der Waals surface area contributed by atoms with Crippen LogP contribution >= 0.6 is 0 Å². The van der Waals surface area contributed by atoms with Gasteiger partial charge < -0.3 is 14.5 Å². The van der Waals surface area contributed by atoms with Gasteiger partial charge in [-0.25, -0.2) is 13.6 Å². The average molecular weight is 296 g/mol. The third kappa shape index (κ3) is 3.60. The SMILES string of the molecule is COCc1ccccc1NCc1ccc(S(N)(=O)=O)o1. The molecule has 0 aliphatic heterocycles. The molecule has 0 radical (unpaired) electrons. The highest BCUT2D eigenvalue weighted by atomic mass is 32.2. The van der Waals surface area contributed by atoms with Crippen molar-refractivity contribution >= 4 is 15.7 Å². The Kier molecular flexibility index (Phi) is 4.43. The molecule has 7 heteroatoms. The van der Waals surface area contributed by atoms with Gasteiger partial charge in [-0.15, -0.1) is 0 Å². The van der Waals surface area contributed by atoms with E-state index in [1.165, 1.54) is 6.07 Å². The highest BCUT2D eigenvalue weighted by Gasteiger charge is 2.13. The van der Waals surface area contributed by atoms with Gasteiger partial charge >= 0.3 is 0 Å². The Morgan fingerprint density at radius 2 is 2.00 bits per heavy atom. The standard InChI is InChI=1S/C13H16N2O4S/c1-18-9-10-4-2-3-5-12(10)15-8-11-6-7-13(19-11)20(14,16)17/h2-7,15H,8-9H2,1H3,(H2,14,16,17). The summed E-state index contributed by atoms with van der Waals surface area (Å²) in [7, 11) is -2.17. The molecule has 0 spiro atoms. The molecule has 0 saturated heterocycles. The van der Waals surface area contributed by atoms with Crippen molar-refractivity contribution in [3.63, 3.8) is 0 Å². The fraction of sp³-hybridized carbons (Fsp3) is 0.231. The van der Waals surface area contributed by atoms with Gasteiger partial charge in [0.1, 0.15) is 5.76 Å². The molecule has 0 unspecified atom stereocenters. The van der Waals surface area contributed by atoms with Gasteiger partial charge in [0.05, 0.1) is 13.2 Å². The fourth-order valence-corrected chi connectivity index (χ4v) is 2.24. The Morgan fingerprint density at radius 3 is 2.65 bits per heavy atom. The van der Waals surface area contributed by atoms with Crippen LogP contribution in [-0.4, -0.2) is 15.5 Å². The first-order valence-corrected chi connectivity index (χ1v) is 7.47. The van der Waals surface area contributed by atoms with E-state index < -0.39 is 10.0 Å². The van der Waals surface area contributed by atoms with Crippen molar-refractivity contribution in [2.75, 3.05) is 12.4 Å². The number of furan rings is 1. The molecule has 0 fully saturated rings. The lowest BCUT2D eigenvalue weighted by atomic mass is 10.2. The van der Waals surface area contributed by atoms with E-state index in [1.54, 1.807) is 13.2 Å². The summed E-state index contributed by atoms with van der Waals surface area (Å²) in [6.07, 6.45) is 0. The molecule has 1 aromatic carbocycles. The van der Waals surface area contributed by atoms with Gasteiger partial charge in [-0.05, 0) is 18.2 Å². The number of ether oxygens (including phenoxy) is 1. The number of anilines is 1. The number of methoxy groups -OCH3 is 1. The van der Waals surface area contributed by atoms with Gasteiger partial charge in [-0.1, -0.05) is 18.2 Å². The number of primary sulfonamides is 1. The molecular formula is C13H16N2O4S. The Labute approximate surface area is 117 Å². The summed E-state index contributed by atoms with van der Waals surface area (Å²) in [6, 6.07) is 10.6. The molecule has 108 valence electrons. The molecule has 1 heterocycles. The Bertz CT molecular complexity index is 679. The highest BCUT2D eigenvalue weighted by molar-refractivity contribution is 7.89. The van der Waals surface area contributed by atoms with E-state index in [-0.39, 0.29) is 5.09 Å². The number of nitrogens with one attached hydrogen (secondary N) is 1. The van der Waals surface area contributed by atoms with Gasteiger partial charge in [0, 0.05) is 18.4 Å². The first kappa shape index (κ1) is 14.6. The normalized spacial score (nSPS) is 11.5. The second-order valence-corrected chi connectivity index (χ2v) is 5.70. The van der Waals surface area contributed by atoms with E-state index in [9.17, 15) is 8.42 Å². The molecule has 2 aromatic rings. The monoisotopic (exact) mass is 296 g/mol. The third-order valence-corrected chi connectivity index (χ3v) is 3.47. The lowest BCUT2D eigenvalue weighted by Crippen LogP contribution is -2.10. The predicted octanol–water partition coefficient (Wildman–Crippen LogP) is 1.69. The molecule has 1 aromatic heterocycles. The maximum Gasteiger partial charge on any atom is 0.271 e. The number of hydrogen-bond donors (Lipinski definition) is 2. The maximum atomic E-state index is 11.1. The Hall–Kier alpha value is -1.83. The van der Waals surface area contributed by atoms with Crippen LogP contribution in [0.25, 0.3) is 0 Å². The summed E-state index contributed by atoms with van der Waals surface area (Å²) in [6.45, 7) is 0.847. The van der Waals surface area contributed by atoms with Crippen molar-refractivity contribution in [2.24, 2.45) is 5.14 Å². The van der Waals surface area contributed by atoms with Gasteiger partial charge in [0.25, 0.3) is 10.0 Å². The molecule has 0 amide bonds. The Morgan fingerprint density at radius 1 is 1.25 bits per heavy atom. The van der Waals surface area contributed by atoms with E-state index in [4.69, 9.17) is 14.3 Å². The highest BCUT2D eigenvalue weighted by Crippen LogP contribution is 2.18. The summed E-state index contributed by atoms with van der Waals surface area (Å²) < 4.78 is 32.5. The second-order valence-electron chi connectivity index (χ2n) is 4.21. The van der Waals surface area contributed by atoms with Gasteiger partial charge in [-0.2, -0.15) is 0 Å². The largest absolute Gasteiger partial charge is 0.446 e. The zero-order valence-electron chi connectivity index (χ0n) is 11.0. The van der Waals surface area contributed by atoms with Gasteiger partial charge in [0.15, 0.2) is 0 Å². The van der Waals surface area contributed by atoms with E-state index in [0.717, 1.165) is 11.3 Å². The van der Waals surface area contributed by atoms with Crippen molar-refractivity contribution in [3.05, 3.63) is 47.7 Å². The molecule has 6 nitrogen and oxygen atoms in total. The first-order valence-electron chi connectivity index (χ1n) is 5.93. The van der Waals surface area contributed by atoms with Crippen LogP contribution in [0.2, 0.25) is 0 Å². The molecule has 3 N–H and O–H groups in total. The third-order valence-electron chi connectivity index (χ3n) is 2.69. The molecule has 0 aliphatic rings. The molecule has 20 heavy (non-hydrogen) atoms. The summed E-state index contributed by atoms with van der Waals surface area (Å²) in [4.78, 5) is 0. The smallest absolute Gasteiger partial charge is 0.271 e. The van der Waals surface area contributed by atoms with Crippen LogP contribution in [0.1, 0.15) is 11.3 Å². The number of hydrogen-bond acceptors (Lipinski definition) is 5. The average Bonchev–Trinajstić information content (AvgIpc) is 2.87. The maximum absolute atomic E-state index is 11.1. The van der Waals surface area contributed by atoms with Crippen LogP contribution < -0.4 is 10.5 Å². The summed E-state index contributed by atoms with van der Waals surface area (Å²) in [5, 5.41) is 7.92. The zero-order chi connectivity index (χ0) is 14.6. The first-order chi connectivity index (χ1) is 9.50. The van der Waals surface area contributed by atoms with Gasteiger partial charge in [0.2, 0.25) is 5.09 Å². The molecule has 2 rings (SSSR count). The summed E-state index contributed by atoms with van der Waals surface area (Å²) >= 11 is 0. The van der Waals surface area contributed by atoms with Crippen molar-refractivity contribution in [1.29, 1.82) is 0 Å². The van der Waals surface area contributed by atoms with E-state index in [0.29, 0.717) is 18.9 Å². The summed E-state index contributed by atoms with van der Waals surface area (Å²) in [5.41, 5.74) is 1.91. The van der Waals surface area contributed by atoms with Crippen LogP contribution in [-0.2, 0) is 27.9 Å². The quantitative estimate of drug-likeness (QED) is 0.845. The zero-order valence-corrected chi connectivity index (χ0v) is 11.8. The van der Waals surface area contributed by atoms with Crippen LogP contribution in [0.5, 0.6) is 0 Å². The molecule has 0 bridgehead atoms. The number of sulfonamides is 1. The summed E-state index contributed by atoms with van der Waals surface area (Å²) in [5.74, 6) is 0.487. The Balaban J connectivity index is 2.07. The minimum atomic E-state index is -3.80. The topological polar surface area (TPSA) is 94.6 Å². The van der Waals surface area contributed by atoms with Crippen molar-refractivity contribution in [1.82, 2.24) is 0 Å². The van der Waals surface area contributed by atoms with Crippen molar-refractivity contribution in [2.45, 2.75) is 18.2 Å². The van der Waals surface area contributed by atoms with Crippen LogP contribution in [0.15, 0.2) is 45.9 Å². The molecular weight excluding hydrogens is 280 g/mol. The molecule has 0 atom stereocenters. The van der Waals surface area contributed by atoms with Crippen molar-refractivity contribution in [3.8, 4) is 0 Å².